The first-order valence-electron chi connectivity index (χ1n) is 8.41. The Balaban J connectivity index is 1.44. The lowest BCUT2D eigenvalue weighted by Crippen LogP contribution is -2.39. The summed E-state index contributed by atoms with van der Waals surface area (Å²) in [6.45, 7) is 1.63. The first-order chi connectivity index (χ1) is 11.7. The predicted molar refractivity (Wildman–Crippen MR) is 96.6 cm³/mol. The highest BCUT2D eigenvalue weighted by atomic mass is 32.2. The topological polar surface area (TPSA) is 20.3 Å². The largest absolute Gasteiger partial charge is 0.342 e. The molecule has 0 N–H and O–H groups in total. The molecule has 1 aliphatic heterocycles. The van der Waals surface area contributed by atoms with Crippen LogP contribution in [0.15, 0.2) is 59.5 Å². The molecule has 3 rings (SSSR count). The third kappa shape index (κ3) is 4.60. The van der Waals surface area contributed by atoms with Crippen molar-refractivity contribution in [1.29, 1.82) is 0 Å². The van der Waals surface area contributed by atoms with Crippen LogP contribution in [-0.2, 0) is 11.2 Å². The van der Waals surface area contributed by atoms with Crippen molar-refractivity contribution in [3.63, 3.8) is 0 Å². The van der Waals surface area contributed by atoms with Crippen LogP contribution in [0.4, 0.5) is 4.39 Å². The number of carbonyl (C=O) groups is 1. The van der Waals surface area contributed by atoms with Gasteiger partial charge in [0.2, 0.25) is 5.91 Å². The zero-order valence-electron chi connectivity index (χ0n) is 13.7. The quantitative estimate of drug-likeness (QED) is 0.750. The fourth-order valence-corrected chi connectivity index (χ4v) is 3.97. The van der Waals surface area contributed by atoms with Crippen LogP contribution in [0.5, 0.6) is 0 Å². The smallest absolute Gasteiger partial charge is 0.232 e. The number of halogens is 1. The van der Waals surface area contributed by atoms with Crippen LogP contribution in [0.3, 0.4) is 0 Å². The molecule has 1 aliphatic rings. The van der Waals surface area contributed by atoms with Crippen LogP contribution in [0, 0.1) is 11.7 Å². The maximum Gasteiger partial charge on any atom is 0.232 e. The van der Waals surface area contributed by atoms with Gasteiger partial charge >= 0.3 is 0 Å². The molecular formula is C20H22FNOS. The number of hydrogen-bond donors (Lipinski definition) is 0. The Morgan fingerprint density at radius 1 is 1.04 bits per heavy atom. The predicted octanol–water partition coefficient (Wildman–Crippen LogP) is 4.40. The van der Waals surface area contributed by atoms with E-state index in [9.17, 15) is 9.18 Å². The fraction of sp³-hybridized carbons (Fsp3) is 0.350. The molecule has 2 aromatic rings. The van der Waals surface area contributed by atoms with Crippen molar-refractivity contribution in [3.8, 4) is 0 Å². The number of benzene rings is 2. The molecular weight excluding hydrogens is 321 g/mol. The SMILES string of the molecule is O=C(CSc1ccccc1F)N1CCC(Cc2ccccc2)CC1. The number of likely N-dealkylation sites (tertiary alicyclic amines) is 1. The summed E-state index contributed by atoms with van der Waals surface area (Å²) in [5, 5.41) is 0. The van der Waals surface area contributed by atoms with Crippen molar-refractivity contribution in [2.75, 3.05) is 18.8 Å². The second kappa shape index (κ2) is 8.34. The summed E-state index contributed by atoms with van der Waals surface area (Å²) in [6, 6.07) is 17.1. The van der Waals surface area contributed by atoms with E-state index in [2.05, 4.69) is 24.3 Å². The molecule has 1 amide bonds. The molecule has 1 saturated heterocycles. The van der Waals surface area contributed by atoms with E-state index in [1.54, 1.807) is 18.2 Å². The minimum Gasteiger partial charge on any atom is -0.342 e. The lowest BCUT2D eigenvalue weighted by atomic mass is 9.90. The highest BCUT2D eigenvalue weighted by molar-refractivity contribution is 8.00. The van der Waals surface area contributed by atoms with E-state index in [-0.39, 0.29) is 11.7 Å². The van der Waals surface area contributed by atoms with E-state index in [0.717, 1.165) is 32.4 Å². The maximum absolute atomic E-state index is 13.6. The van der Waals surface area contributed by atoms with Gasteiger partial charge in [0.15, 0.2) is 0 Å². The minimum atomic E-state index is -0.253. The van der Waals surface area contributed by atoms with Gasteiger partial charge in [-0.15, -0.1) is 11.8 Å². The molecule has 0 atom stereocenters. The van der Waals surface area contributed by atoms with Crippen molar-refractivity contribution in [3.05, 3.63) is 66.0 Å². The van der Waals surface area contributed by atoms with Gasteiger partial charge in [0, 0.05) is 18.0 Å². The van der Waals surface area contributed by atoms with E-state index in [1.807, 2.05) is 11.0 Å². The van der Waals surface area contributed by atoms with Crippen LogP contribution in [-0.4, -0.2) is 29.6 Å². The van der Waals surface area contributed by atoms with Crippen LogP contribution in [0.1, 0.15) is 18.4 Å². The van der Waals surface area contributed by atoms with E-state index < -0.39 is 0 Å². The Labute approximate surface area is 147 Å². The molecule has 1 heterocycles. The number of amides is 1. The highest BCUT2D eigenvalue weighted by Crippen LogP contribution is 2.24. The summed E-state index contributed by atoms with van der Waals surface area (Å²) < 4.78 is 13.6. The molecule has 0 unspecified atom stereocenters. The summed E-state index contributed by atoms with van der Waals surface area (Å²) in [5.41, 5.74) is 1.37. The Kier molecular flexibility index (Phi) is 5.91. The van der Waals surface area contributed by atoms with E-state index in [0.29, 0.717) is 16.6 Å². The molecule has 2 aromatic carbocycles. The number of hydrogen-bond acceptors (Lipinski definition) is 2. The second-order valence-electron chi connectivity index (χ2n) is 6.23. The van der Waals surface area contributed by atoms with Crippen molar-refractivity contribution < 1.29 is 9.18 Å². The van der Waals surface area contributed by atoms with Gasteiger partial charge in [-0.25, -0.2) is 4.39 Å². The number of rotatable bonds is 5. The van der Waals surface area contributed by atoms with Gasteiger partial charge in [0.05, 0.1) is 5.75 Å². The Bertz CT molecular complexity index is 668. The summed E-state index contributed by atoms with van der Waals surface area (Å²) >= 11 is 1.29. The standard InChI is InChI=1S/C20H22FNOS/c21-18-8-4-5-9-19(18)24-15-20(23)22-12-10-17(11-13-22)14-16-6-2-1-3-7-16/h1-9,17H,10-15H2. The van der Waals surface area contributed by atoms with Crippen LogP contribution >= 0.6 is 11.8 Å². The third-order valence-electron chi connectivity index (χ3n) is 4.52. The molecule has 0 radical (unpaired) electrons. The monoisotopic (exact) mass is 343 g/mol. The average Bonchev–Trinajstić information content (AvgIpc) is 2.62. The molecule has 2 nitrogen and oxygen atoms in total. The first kappa shape index (κ1) is 17.0. The second-order valence-corrected chi connectivity index (χ2v) is 7.25. The summed E-state index contributed by atoms with van der Waals surface area (Å²) in [7, 11) is 0. The van der Waals surface area contributed by atoms with Crippen molar-refractivity contribution in [2.45, 2.75) is 24.2 Å². The van der Waals surface area contributed by atoms with Gasteiger partial charge in [-0.2, -0.15) is 0 Å². The van der Waals surface area contributed by atoms with Gasteiger partial charge in [0.25, 0.3) is 0 Å². The van der Waals surface area contributed by atoms with E-state index in [1.165, 1.54) is 23.4 Å². The lowest BCUT2D eigenvalue weighted by molar-refractivity contribution is -0.129. The summed E-state index contributed by atoms with van der Waals surface area (Å²) in [5.74, 6) is 0.818. The summed E-state index contributed by atoms with van der Waals surface area (Å²) in [6.07, 6.45) is 3.18. The van der Waals surface area contributed by atoms with Crippen molar-refractivity contribution in [1.82, 2.24) is 4.90 Å². The molecule has 4 heteroatoms. The minimum absolute atomic E-state index is 0.112. The molecule has 0 spiro atoms. The molecule has 126 valence electrons. The molecule has 0 aliphatic carbocycles. The van der Waals surface area contributed by atoms with Crippen molar-refractivity contribution >= 4 is 17.7 Å². The molecule has 0 saturated carbocycles. The Morgan fingerprint density at radius 2 is 1.71 bits per heavy atom. The number of nitrogens with zero attached hydrogens (tertiary/aromatic N) is 1. The van der Waals surface area contributed by atoms with Crippen LogP contribution in [0.2, 0.25) is 0 Å². The Morgan fingerprint density at radius 3 is 2.42 bits per heavy atom. The number of carbonyl (C=O) groups excluding carboxylic acids is 1. The molecule has 0 aromatic heterocycles. The maximum atomic E-state index is 13.6. The zero-order chi connectivity index (χ0) is 16.8. The van der Waals surface area contributed by atoms with E-state index >= 15 is 0 Å². The molecule has 1 fully saturated rings. The third-order valence-corrected chi connectivity index (χ3v) is 5.56. The van der Waals surface area contributed by atoms with Gasteiger partial charge in [-0.3, -0.25) is 4.79 Å². The zero-order valence-corrected chi connectivity index (χ0v) is 14.5. The normalized spacial score (nSPS) is 15.5. The number of thioether (sulfide) groups is 1. The number of piperidine rings is 1. The van der Waals surface area contributed by atoms with Gasteiger partial charge in [-0.1, -0.05) is 42.5 Å². The first-order valence-corrected chi connectivity index (χ1v) is 9.40. The highest BCUT2D eigenvalue weighted by Gasteiger charge is 2.23. The summed E-state index contributed by atoms with van der Waals surface area (Å²) in [4.78, 5) is 14.8. The van der Waals surface area contributed by atoms with Crippen LogP contribution < -0.4 is 0 Å². The van der Waals surface area contributed by atoms with Gasteiger partial charge < -0.3 is 4.90 Å². The average molecular weight is 343 g/mol. The Hall–Kier alpha value is -1.81. The van der Waals surface area contributed by atoms with Gasteiger partial charge in [-0.05, 0) is 42.9 Å². The fourth-order valence-electron chi connectivity index (χ4n) is 3.13. The van der Waals surface area contributed by atoms with Crippen molar-refractivity contribution in [2.24, 2.45) is 5.92 Å². The molecule has 24 heavy (non-hydrogen) atoms. The lowest BCUT2D eigenvalue weighted by Gasteiger charge is -2.32. The van der Waals surface area contributed by atoms with Crippen LogP contribution in [0.25, 0.3) is 0 Å². The van der Waals surface area contributed by atoms with Gasteiger partial charge in [0.1, 0.15) is 5.82 Å². The molecule has 0 bridgehead atoms. The van der Waals surface area contributed by atoms with E-state index in [4.69, 9.17) is 0 Å².